The summed E-state index contributed by atoms with van der Waals surface area (Å²) < 4.78 is 1.91. The predicted molar refractivity (Wildman–Crippen MR) is 135 cm³/mol. The molecular weight excluding hydrogens is 450 g/mol. The van der Waals surface area contributed by atoms with Gasteiger partial charge in [0, 0.05) is 17.5 Å². The minimum absolute atomic E-state index is 0.137. The molecule has 1 aliphatic rings. The Labute approximate surface area is 203 Å². The zero-order valence-electron chi connectivity index (χ0n) is 19.7. The summed E-state index contributed by atoms with van der Waals surface area (Å²) in [6, 6.07) is 10.4. The lowest BCUT2D eigenvalue weighted by Gasteiger charge is -2.33. The summed E-state index contributed by atoms with van der Waals surface area (Å²) in [5, 5.41) is 22.7. The van der Waals surface area contributed by atoms with Gasteiger partial charge in [0.25, 0.3) is 0 Å². The number of nitriles is 1. The van der Waals surface area contributed by atoms with Crippen molar-refractivity contribution in [2.75, 3.05) is 11.1 Å². The Morgan fingerprint density at radius 2 is 2.15 bits per heavy atom. The smallest absolute Gasteiger partial charge is 0.235 e. The number of nitrogens with zero attached hydrogens (tertiary/aromatic N) is 4. The number of thioether (sulfide) groups is 1. The van der Waals surface area contributed by atoms with Gasteiger partial charge in [-0.25, -0.2) is 0 Å². The van der Waals surface area contributed by atoms with Crippen molar-refractivity contribution in [3.8, 4) is 17.5 Å². The van der Waals surface area contributed by atoms with Crippen LogP contribution >= 0.6 is 23.1 Å². The number of anilines is 1. The lowest BCUT2D eigenvalue weighted by molar-refractivity contribution is -0.113. The molecule has 8 heteroatoms. The molecule has 0 unspecified atom stereocenters. The number of carbonyl (C=O) groups is 1. The zero-order valence-corrected chi connectivity index (χ0v) is 21.4. The molecule has 1 atom stereocenters. The van der Waals surface area contributed by atoms with Gasteiger partial charge in [-0.05, 0) is 49.1 Å². The molecule has 0 saturated heterocycles. The van der Waals surface area contributed by atoms with Gasteiger partial charge in [-0.1, -0.05) is 56.3 Å². The minimum Gasteiger partial charge on any atom is -0.316 e. The summed E-state index contributed by atoms with van der Waals surface area (Å²) in [5.74, 6) is 1.43. The maximum absolute atomic E-state index is 12.7. The van der Waals surface area contributed by atoms with Crippen LogP contribution < -0.4 is 5.32 Å². The van der Waals surface area contributed by atoms with Gasteiger partial charge >= 0.3 is 0 Å². The van der Waals surface area contributed by atoms with E-state index >= 15 is 0 Å². The van der Waals surface area contributed by atoms with Crippen molar-refractivity contribution < 1.29 is 4.79 Å². The van der Waals surface area contributed by atoms with Crippen molar-refractivity contribution in [3.05, 3.63) is 45.8 Å². The van der Waals surface area contributed by atoms with Crippen LogP contribution in [0.3, 0.4) is 0 Å². The molecule has 2 heterocycles. The molecule has 1 N–H and O–H groups in total. The van der Waals surface area contributed by atoms with Crippen LogP contribution in [0, 0.1) is 29.6 Å². The molecule has 3 aromatic rings. The van der Waals surface area contributed by atoms with E-state index in [-0.39, 0.29) is 17.1 Å². The Hall–Kier alpha value is -2.63. The van der Waals surface area contributed by atoms with Crippen molar-refractivity contribution in [2.45, 2.75) is 52.1 Å². The van der Waals surface area contributed by atoms with Crippen molar-refractivity contribution in [1.82, 2.24) is 14.8 Å². The number of hydrogen-bond donors (Lipinski definition) is 1. The lowest BCUT2D eigenvalue weighted by atomic mass is 9.72. The highest BCUT2D eigenvalue weighted by Crippen LogP contribution is 2.44. The maximum Gasteiger partial charge on any atom is 0.235 e. The number of thiophene rings is 1. The standard InChI is InChI=1S/C25H29N5OS2/c1-15-7-6-8-16(11-15)22-28-29-24(30(22)5)32-14-21(31)27-23-19(13-26)18-10-9-17(25(2,3)4)12-20(18)33-23/h6-8,11,17H,9-10,12,14H2,1-5H3,(H,27,31)/t17-/m1/s1. The molecule has 0 saturated carbocycles. The van der Waals surface area contributed by atoms with Crippen molar-refractivity contribution in [3.63, 3.8) is 0 Å². The number of fused-ring (bicyclic) bond motifs is 1. The van der Waals surface area contributed by atoms with E-state index in [4.69, 9.17) is 0 Å². The third-order valence-corrected chi connectivity index (χ3v) is 8.49. The van der Waals surface area contributed by atoms with E-state index in [1.807, 2.05) is 36.7 Å². The second-order valence-corrected chi connectivity index (χ2v) is 11.7. The topological polar surface area (TPSA) is 83.6 Å². The lowest BCUT2D eigenvalue weighted by Crippen LogP contribution is -2.26. The summed E-state index contributed by atoms with van der Waals surface area (Å²) in [7, 11) is 1.91. The van der Waals surface area contributed by atoms with Gasteiger partial charge in [0.1, 0.15) is 11.1 Å². The average molecular weight is 480 g/mol. The SMILES string of the molecule is Cc1cccc(-c2nnc(SCC(=O)Nc3sc4c(c3C#N)CC[C@@H](C(C)(C)C)C4)n2C)c1. The van der Waals surface area contributed by atoms with Gasteiger partial charge in [0.05, 0.1) is 11.3 Å². The zero-order chi connectivity index (χ0) is 23.8. The highest BCUT2D eigenvalue weighted by Gasteiger charge is 2.32. The normalized spacial score (nSPS) is 15.7. The van der Waals surface area contributed by atoms with Gasteiger partial charge in [-0.2, -0.15) is 5.26 Å². The van der Waals surface area contributed by atoms with E-state index < -0.39 is 0 Å². The summed E-state index contributed by atoms with van der Waals surface area (Å²) in [6.45, 7) is 8.87. The molecule has 1 aromatic carbocycles. The highest BCUT2D eigenvalue weighted by molar-refractivity contribution is 7.99. The number of nitrogens with one attached hydrogen (secondary N) is 1. The van der Waals surface area contributed by atoms with Crippen molar-refractivity contribution >= 4 is 34.0 Å². The maximum atomic E-state index is 12.7. The molecule has 6 nitrogen and oxygen atoms in total. The van der Waals surface area contributed by atoms with E-state index in [0.717, 1.165) is 41.8 Å². The first-order valence-electron chi connectivity index (χ1n) is 11.1. The van der Waals surface area contributed by atoms with Gasteiger partial charge in [-0.3, -0.25) is 4.79 Å². The van der Waals surface area contributed by atoms with Crippen LogP contribution in [0.2, 0.25) is 0 Å². The van der Waals surface area contributed by atoms with E-state index in [1.54, 1.807) is 11.3 Å². The van der Waals surface area contributed by atoms with E-state index in [2.05, 4.69) is 48.4 Å². The van der Waals surface area contributed by atoms with Gasteiger partial charge < -0.3 is 9.88 Å². The number of amides is 1. The molecule has 33 heavy (non-hydrogen) atoms. The molecule has 0 radical (unpaired) electrons. The number of aromatic nitrogens is 3. The van der Waals surface area contributed by atoms with Crippen molar-refractivity contribution in [1.29, 1.82) is 5.26 Å². The first kappa shape index (κ1) is 23.5. The molecule has 2 aromatic heterocycles. The Kier molecular flexibility index (Phi) is 6.64. The summed E-state index contributed by atoms with van der Waals surface area (Å²) in [6.07, 6.45) is 2.96. The third kappa shape index (κ3) is 4.99. The number of aryl methyl sites for hydroxylation is 1. The summed E-state index contributed by atoms with van der Waals surface area (Å²) in [5.41, 5.74) is 4.16. The Morgan fingerprint density at radius 1 is 1.36 bits per heavy atom. The molecule has 172 valence electrons. The van der Waals surface area contributed by atoms with Crippen molar-refractivity contribution in [2.24, 2.45) is 18.4 Å². The summed E-state index contributed by atoms with van der Waals surface area (Å²) in [4.78, 5) is 14.0. The Balaban J connectivity index is 1.43. The minimum atomic E-state index is -0.137. The largest absolute Gasteiger partial charge is 0.316 e. The fourth-order valence-corrected chi connectivity index (χ4v) is 6.31. The number of carbonyl (C=O) groups excluding carboxylic acids is 1. The van der Waals surface area contributed by atoms with Crippen LogP contribution in [0.4, 0.5) is 5.00 Å². The molecule has 0 spiro atoms. The van der Waals surface area contributed by atoms with Crippen LogP contribution in [0.5, 0.6) is 0 Å². The molecule has 4 rings (SSSR count). The van der Waals surface area contributed by atoms with Crippen LogP contribution in [0.15, 0.2) is 29.4 Å². The molecular formula is C25H29N5OS2. The van der Waals surface area contributed by atoms with Gasteiger partial charge in [-0.15, -0.1) is 21.5 Å². The van der Waals surface area contributed by atoms with E-state index in [0.29, 0.717) is 21.6 Å². The fraction of sp³-hybridized carbons (Fsp3) is 0.440. The summed E-state index contributed by atoms with van der Waals surface area (Å²) >= 11 is 2.91. The van der Waals surface area contributed by atoms with Crippen LogP contribution in [-0.4, -0.2) is 26.4 Å². The molecule has 0 fully saturated rings. The van der Waals surface area contributed by atoms with E-state index in [1.165, 1.54) is 16.6 Å². The van der Waals surface area contributed by atoms with Crippen LogP contribution in [0.25, 0.3) is 11.4 Å². The number of benzene rings is 1. The van der Waals surface area contributed by atoms with E-state index in [9.17, 15) is 10.1 Å². The molecule has 1 aliphatic carbocycles. The second kappa shape index (κ2) is 9.32. The highest BCUT2D eigenvalue weighted by atomic mass is 32.2. The Morgan fingerprint density at radius 3 is 2.85 bits per heavy atom. The Bertz CT molecular complexity index is 1230. The van der Waals surface area contributed by atoms with Crippen LogP contribution in [0.1, 0.15) is 48.8 Å². The molecule has 1 amide bonds. The monoisotopic (exact) mass is 479 g/mol. The first-order chi connectivity index (χ1) is 15.7. The molecule has 0 bridgehead atoms. The predicted octanol–water partition coefficient (Wildman–Crippen LogP) is 5.61. The van der Waals surface area contributed by atoms with Crippen LogP contribution in [-0.2, 0) is 24.7 Å². The quantitative estimate of drug-likeness (QED) is 0.481. The molecule has 0 aliphatic heterocycles. The second-order valence-electron chi connectivity index (χ2n) is 9.70. The average Bonchev–Trinajstić information content (AvgIpc) is 3.30. The first-order valence-corrected chi connectivity index (χ1v) is 12.9. The number of hydrogen-bond acceptors (Lipinski definition) is 6. The fourth-order valence-electron chi connectivity index (χ4n) is 4.30. The number of rotatable bonds is 5. The van der Waals surface area contributed by atoms with Gasteiger partial charge in [0.2, 0.25) is 5.91 Å². The van der Waals surface area contributed by atoms with Gasteiger partial charge in [0.15, 0.2) is 11.0 Å². The third-order valence-electron chi connectivity index (χ3n) is 6.30.